The average Bonchev–Trinajstić information content (AvgIpc) is 3.17. The fourth-order valence-electron chi connectivity index (χ4n) is 6.51. The molecule has 1 amide bonds. The largest absolute Gasteiger partial charge is 0.454 e. The van der Waals surface area contributed by atoms with E-state index in [-0.39, 0.29) is 23.5 Å². The van der Waals surface area contributed by atoms with E-state index in [0.29, 0.717) is 5.75 Å². The van der Waals surface area contributed by atoms with Gasteiger partial charge in [0, 0.05) is 30.6 Å². The molecule has 2 aromatic rings. The van der Waals surface area contributed by atoms with Crippen LogP contribution in [0.15, 0.2) is 12.1 Å². The van der Waals surface area contributed by atoms with Crippen molar-refractivity contribution in [2.75, 3.05) is 19.9 Å². The van der Waals surface area contributed by atoms with Crippen LogP contribution in [0.25, 0.3) is 11.0 Å². The first kappa shape index (κ1) is 18.4. The van der Waals surface area contributed by atoms with Crippen molar-refractivity contribution >= 4 is 16.9 Å². The molecule has 0 N–H and O–H groups in total. The lowest BCUT2D eigenvalue weighted by Crippen LogP contribution is -2.53. The molecule has 2 fully saturated rings. The molecule has 2 bridgehead atoms. The molecular weight excluding hydrogens is 378 g/mol. The Labute approximate surface area is 177 Å². The Bertz CT molecular complexity index is 1070. The number of nitrogens with zero attached hydrogens (tertiary/aromatic N) is 3. The van der Waals surface area contributed by atoms with Gasteiger partial charge in [-0.25, -0.2) is 9.97 Å². The van der Waals surface area contributed by atoms with Gasteiger partial charge >= 0.3 is 0 Å². The molecule has 6 nitrogen and oxygen atoms in total. The number of carbonyl (C=O) groups excluding carboxylic acids is 1. The summed E-state index contributed by atoms with van der Waals surface area (Å²) in [5.41, 5.74) is 2.52. The summed E-state index contributed by atoms with van der Waals surface area (Å²) in [7, 11) is 0. The minimum absolute atomic E-state index is 0.165. The zero-order chi connectivity index (χ0) is 20.7. The van der Waals surface area contributed by atoms with Crippen molar-refractivity contribution < 1.29 is 14.3 Å². The van der Waals surface area contributed by atoms with E-state index in [9.17, 15) is 4.79 Å². The van der Waals surface area contributed by atoms with Crippen molar-refractivity contribution in [3.63, 3.8) is 0 Å². The van der Waals surface area contributed by atoms with Gasteiger partial charge in [0.25, 0.3) is 0 Å². The Balaban J connectivity index is 1.56. The maximum absolute atomic E-state index is 14.2. The average molecular weight is 408 g/mol. The van der Waals surface area contributed by atoms with Gasteiger partial charge in [0.15, 0.2) is 11.5 Å². The summed E-state index contributed by atoms with van der Waals surface area (Å²) in [4.78, 5) is 26.5. The summed E-state index contributed by atoms with van der Waals surface area (Å²) in [5, 5.41) is 0. The second-order valence-electron chi connectivity index (χ2n) is 10.2. The van der Waals surface area contributed by atoms with Gasteiger partial charge < -0.3 is 14.4 Å². The van der Waals surface area contributed by atoms with Gasteiger partial charge in [-0.15, -0.1) is 0 Å². The van der Waals surface area contributed by atoms with Crippen molar-refractivity contribution in [1.82, 2.24) is 14.9 Å². The van der Waals surface area contributed by atoms with E-state index < -0.39 is 5.41 Å². The molecule has 158 valence electrons. The monoisotopic (exact) mass is 407 g/mol. The van der Waals surface area contributed by atoms with Gasteiger partial charge in [-0.1, -0.05) is 33.6 Å². The SMILES string of the molecule is CC12CCC(C(=O)N3CCCCCC3)(c3nc4cc5c(cc4nc31)OCO5)C2(C)C. The lowest BCUT2D eigenvalue weighted by Gasteiger charge is -2.42. The standard InChI is InChI=1S/C24H29N3O3/c1-22(2)23(3)8-9-24(22,21(28)27-10-6-4-5-7-11-27)20-19(23)25-15-12-17-18(30-14-29-17)13-16(15)26-20/h12-13H,4-11,14H2,1-3H3. The predicted octanol–water partition coefficient (Wildman–Crippen LogP) is 4.09. The van der Waals surface area contributed by atoms with E-state index in [1.807, 2.05) is 12.1 Å². The van der Waals surface area contributed by atoms with Crippen LogP contribution in [0.3, 0.4) is 0 Å². The fourth-order valence-corrected chi connectivity index (χ4v) is 6.51. The first-order valence-corrected chi connectivity index (χ1v) is 11.3. The van der Waals surface area contributed by atoms with E-state index in [0.717, 1.165) is 66.9 Å². The van der Waals surface area contributed by atoms with Gasteiger partial charge in [0.2, 0.25) is 12.7 Å². The molecule has 6 rings (SSSR count). The molecule has 1 saturated heterocycles. The summed E-state index contributed by atoms with van der Waals surface area (Å²) in [6.07, 6.45) is 6.44. The Morgan fingerprint density at radius 2 is 1.50 bits per heavy atom. The maximum Gasteiger partial charge on any atom is 0.235 e. The molecule has 4 aliphatic rings. The number of aromatic nitrogens is 2. The third-order valence-electron chi connectivity index (χ3n) is 8.79. The molecule has 0 radical (unpaired) electrons. The van der Waals surface area contributed by atoms with E-state index in [1.54, 1.807) is 0 Å². The van der Waals surface area contributed by atoms with Gasteiger partial charge in [0.1, 0.15) is 0 Å². The molecule has 1 aromatic heterocycles. The molecule has 1 aromatic carbocycles. The van der Waals surface area contributed by atoms with Crippen molar-refractivity contribution in [2.45, 2.75) is 70.1 Å². The minimum atomic E-state index is -0.598. The molecular formula is C24H29N3O3. The molecule has 30 heavy (non-hydrogen) atoms. The van der Waals surface area contributed by atoms with Gasteiger partial charge in [-0.2, -0.15) is 0 Å². The zero-order valence-electron chi connectivity index (χ0n) is 18.1. The van der Waals surface area contributed by atoms with E-state index in [1.165, 1.54) is 12.8 Å². The zero-order valence-corrected chi connectivity index (χ0v) is 18.1. The molecule has 6 heteroatoms. The van der Waals surface area contributed by atoms with Crippen LogP contribution in [-0.2, 0) is 15.6 Å². The van der Waals surface area contributed by atoms with Crippen LogP contribution in [-0.4, -0.2) is 40.7 Å². The summed E-state index contributed by atoms with van der Waals surface area (Å²) >= 11 is 0. The van der Waals surface area contributed by atoms with Gasteiger partial charge in [-0.3, -0.25) is 4.79 Å². The van der Waals surface area contributed by atoms with Crippen LogP contribution in [0.2, 0.25) is 0 Å². The number of likely N-dealkylation sites (tertiary alicyclic amines) is 1. The molecule has 3 heterocycles. The lowest BCUT2D eigenvalue weighted by molar-refractivity contribution is -0.141. The quantitative estimate of drug-likeness (QED) is 0.712. The van der Waals surface area contributed by atoms with Crippen molar-refractivity contribution in [3.05, 3.63) is 23.5 Å². The second kappa shape index (κ2) is 5.86. The van der Waals surface area contributed by atoms with Crippen molar-refractivity contribution in [1.29, 1.82) is 0 Å². The maximum atomic E-state index is 14.2. The topological polar surface area (TPSA) is 64.6 Å². The van der Waals surface area contributed by atoms with Crippen LogP contribution in [0.4, 0.5) is 0 Å². The predicted molar refractivity (Wildman–Crippen MR) is 113 cm³/mol. The number of carbonyl (C=O) groups is 1. The van der Waals surface area contributed by atoms with Gasteiger partial charge in [-0.05, 0) is 31.1 Å². The summed E-state index contributed by atoms with van der Waals surface area (Å²) in [6, 6.07) is 3.84. The molecule has 1 saturated carbocycles. The number of benzene rings is 1. The third-order valence-corrected chi connectivity index (χ3v) is 8.79. The van der Waals surface area contributed by atoms with Crippen LogP contribution >= 0.6 is 0 Å². The van der Waals surface area contributed by atoms with E-state index >= 15 is 0 Å². The highest BCUT2D eigenvalue weighted by Crippen LogP contribution is 2.70. The highest BCUT2D eigenvalue weighted by molar-refractivity contribution is 5.93. The number of hydrogen-bond donors (Lipinski definition) is 0. The number of hydrogen-bond acceptors (Lipinski definition) is 5. The minimum Gasteiger partial charge on any atom is -0.454 e. The van der Waals surface area contributed by atoms with Crippen molar-refractivity contribution in [3.8, 4) is 11.5 Å². The van der Waals surface area contributed by atoms with Crippen molar-refractivity contribution in [2.24, 2.45) is 5.41 Å². The first-order valence-electron chi connectivity index (χ1n) is 11.3. The van der Waals surface area contributed by atoms with Crippen LogP contribution < -0.4 is 9.47 Å². The Kier molecular flexibility index (Phi) is 3.60. The Morgan fingerprint density at radius 1 is 0.900 bits per heavy atom. The second-order valence-corrected chi connectivity index (χ2v) is 10.2. The summed E-state index contributed by atoms with van der Waals surface area (Å²) in [5.74, 6) is 1.70. The summed E-state index contributed by atoms with van der Waals surface area (Å²) < 4.78 is 11.1. The van der Waals surface area contributed by atoms with E-state index in [4.69, 9.17) is 19.4 Å². The van der Waals surface area contributed by atoms with Crippen LogP contribution in [0.5, 0.6) is 11.5 Å². The molecule has 2 atom stereocenters. The van der Waals surface area contributed by atoms with Crippen LogP contribution in [0.1, 0.15) is 70.7 Å². The van der Waals surface area contributed by atoms with Crippen LogP contribution in [0, 0.1) is 5.41 Å². The number of fused-ring (bicyclic) bond motifs is 7. The Morgan fingerprint density at radius 3 is 2.13 bits per heavy atom. The highest BCUT2D eigenvalue weighted by atomic mass is 16.7. The smallest absolute Gasteiger partial charge is 0.235 e. The number of amides is 1. The molecule has 2 aliphatic carbocycles. The Hall–Kier alpha value is -2.37. The fraction of sp³-hybridized carbons (Fsp3) is 0.625. The lowest BCUT2D eigenvalue weighted by atomic mass is 9.63. The highest BCUT2D eigenvalue weighted by Gasteiger charge is 2.73. The van der Waals surface area contributed by atoms with E-state index in [2.05, 4.69) is 25.7 Å². The molecule has 0 spiro atoms. The molecule has 2 unspecified atom stereocenters. The van der Waals surface area contributed by atoms with Gasteiger partial charge in [0.05, 0.1) is 27.8 Å². The normalized spacial score (nSPS) is 31.1. The third kappa shape index (κ3) is 2.02. The number of ether oxygens (including phenoxy) is 2. The first-order chi connectivity index (χ1) is 14.4. The summed E-state index contributed by atoms with van der Waals surface area (Å²) in [6.45, 7) is 8.76. The molecule has 2 aliphatic heterocycles. The number of rotatable bonds is 1.